The molecule has 0 spiro atoms. The number of nitrogens with zero attached hydrogens (tertiary/aromatic N) is 2. The molecule has 4 rings (SSSR count). The number of para-hydroxylation sites is 1. The van der Waals surface area contributed by atoms with Crippen molar-refractivity contribution < 1.29 is 14.5 Å². The van der Waals surface area contributed by atoms with Crippen LogP contribution in [0.5, 0.6) is 5.75 Å². The van der Waals surface area contributed by atoms with Gasteiger partial charge in [0.2, 0.25) is 0 Å². The SMILES string of the molecule is COc1ccccc1C1CNCCN1C(=O)c1cc2cc([N+](=O)[O-])ccc2s1. The number of nitrogens with one attached hydrogen (secondary N) is 1. The van der Waals surface area contributed by atoms with E-state index in [0.717, 1.165) is 16.0 Å². The van der Waals surface area contributed by atoms with Gasteiger partial charge in [-0.05, 0) is 18.2 Å². The molecule has 1 unspecified atom stereocenters. The Morgan fingerprint density at radius 3 is 2.89 bits per heavy atom. The van der Waals surface area contributed by atoms with Gasteiger partial charge in [0.1, 0.15) is 5.75 Å². The molecule has 1 aliphatic heterocycles. The minimum absolute atomic E-state index is 0.0263. The minimum atomic E-state index is -0.424. The summed E-state index contributed by atoms with van der Waals surface area (Å²) in [6.07, 6.45) is 0. The fourth-order valence-electron chi connectivity index (χ4n) is 3.56. The number of nitro benzene ring substituents is 1. The van der Waals surface area contributed by atoms with Gasteiger partial charge in [0.15, 0.2) is 0 Å². The molecule has 0 radical (unpaired) electrons. The summed E-state index contributed by atoms with van der Waals surface area (Å²) in [5.41, 5.74) is 0.987. The summed E-state index contributed by atoms with van der Waals surface area (Å²) in [6, 6.07) is 14.0. The van der Waals surface area contributed by atoms with Crippen molar-refractivity contribution in [2.75, 3.05) is 26.7 Å². The molecule has 1 aliphatic rings. The highest BCUT2D eigenvalue weighted by molar-refractivity contribution is 7.20. The third-order valence-electron chi connectivity index (χ3n) is 4.92. The smallest absolute Gasteiger partial charge is 0.270 e. The van der Waals surface area contributed by atoms with Gasteiger partial charge in [0.05, 0.1) is 23.0 Å². The van der Waals surface area contributed by atoms with Gasteiger partial charge in [-0.25, -0.2) is 0 Å². The molecule has 0 aliphatic carbocycles. The number of carbonyl (C=O) groups is 1. The number of hydrogen-bond donors (Lipinski definition) is 1. The highest BCUT2D eigenvalue weighted by Crippen LogP contribution is 2.34. The van der Waals surface area contributed by atoms with E-state index in [2.05, 4.69) is 5.32 Å². The summed E-state index contributed by atoms with van der Waals surface area (Å²) in [5, 5.41) is 15.1. The lowest BCUT2D eigenvalue weighted by atomic mass is 10.0. The molecule has 1 N–H and O–H groups in total. The molecule has 3 aromatic rings. The van der Waals surface area contributed by atoms with E-state index in [1.165, 1.54) is 23.5 Å². The maximum Gasteiger partial charge on any atom is 0.270 e. The molecule has 2 heterocycles. The number of piperazine rings is 1. The summed E-state index contributed by atoms with van der Waals surface area (Å²) < 4.78 is 6.35. The van der Waals surface area contributed by atoms with Crippen molar-refractivity contribution in [3.05, 3.63) is 69.1 Å². The van der Waals surface area contributed by atoms with Crippen LogP contribution in [0.2, 0.25) is 0 Å². The van der Waals surface area contributed by atoms with Crippen molar-refractivity contribution in [2.45, 2.75) is 6.04 Å². The average Bonchev–Trinajstić information content (AvgIpc) is 3.16. The second-order valence-corrected chi connectivity index (χ2v) is 7.63. The fourth-order valence-corrected chi connectivity index (χ4v) is 4.56. The molecule has 28 heavy (non-hydrogen) atoms. The van der Waals surface area contributed by atoms with E-state index in [1.54, 1.807) is 19.2 Å². The molecule has 1 fully saturated rings. The molecule has 1 amide bonds. The number of thiophene rings is 1. The normalized spacial score (nSPS) is 16.9. The van der Waals surface area contributed by atoms with Crippen molar-refractivity contribution in [3.8, 4) is 5.75 Å². The van der Waals surface area contributed by atoms with Gasteiger partial charge >= 0.3 is 0 Å². The highest BCUT2D eigenvalue weighted by atomic mass is 32.1. The lowest BCUT2D eigenvalue weighted by Gasteiger charge is -2.36. The standard InChI is InChI=1S/C20H19N3O4S/c1-27-17-5-3-2-4-15(17)16-12-21-8-9-22(16)20(24)19-11-13-10-14(23(25)26)6-7-18(13)28-19/h2-7,10-11,16,21H,8-9,12H2,1H3. The topological polar surface area (TPSA) is 84.7 Å². The third kappa shape index (κ3) is 3.32. The third-order valence-corrected chi connectivity index (χ3v) is 6.03. The van der Waals surface area contributed by atoms with Crippen LogP contribution in [-0.2, 0) is 0 Å². The quantitative estimate of drug-likeness (QED) is 0.537. The summed E-state index contributed by atoms with van der Waals surface area (Å²) in [6.45, 7) is 1.94. The highest BCUT2D eigenvalue weighted by Gasteiger charge is 2.31. The number of fused-ring (bicyclic) bond motifs is 1. The zero-order valence-electron chi connectivity index (χ0n) is 15.3. The summed E-state index contributed by atoms with van der Waals surface area (Å²) >= 11 is 1.36. The van der Waals surface area contributed by atoms with Crippen LogP contribution in [0.25, 0.3) is 10.1 Å². The first kappa shape index (κ1) is 18.4. The number of nitro groups is 1. The van der Waals surface area contributed by atoms with Crippen LogP contribution in [-0.4, -0.2) is 42.5 Å². The molecular weight excluding hydrogens is 378 g/mol. The van der Waals surface area contributed by atoms with E-state index in [4.69, 9.17) is 4.74 Å². The van der Waals surface area contributed by atoms with E-state index >= 15 is 0 Å². The predicted octanol–water partition coefficient (Wildman–Crippen LogP) is 3.60. The molecule has 1 aromatic heterocycles. The predicted molar refractivity (Wildman–Crippen MR) is 108 cm³/mol. The van der Waals surface area contributed by atoms with Gasteiger partial charge in [-0.1, -0.05) is 18.2 Å². The summed E-state index contributed by atoms with van der Waals surface area (Å²) in [7, 11) is 1.63. The van der Waals surface area contributed by atoms with Crippen molar-refractivity contribution >= 4 is 33.0 Å². The Hall–Kier alpha value is -2.97. The number of ether oxygens (including phenoxy) is 1. The van der Waals surface area contributed by atoms with Crippen LogP contribution in [0.4, 0.5) is 5.69 Å². The first-order chi connectivity index (χ1) is 13.6. The Balaban J connectivity index is 1.69. The van der Waals surface area contributed by atoms with E-state index in [0.29, 0.717) is 29.9 Å². The van der Waals surface area contributed by atoms with Crippen LogP contribution in [0, 0.1) is 10.1 Å². The van der Waals surface area contributed by atoms with Crippen LogP contribution < -0.4 is 10.1 Å². The van der Waals surface area contributed by atoms with Gasteiger partial charge in [-0.3, -0.25) is 14.9 Å². The second-order valence-electron chi connectivity index (χ2n) is 6.55. The number of amides is 1. The second kappa shape index (κ2) is 7.57. The number of carbonyl (C=O) groups excluding carboxylic acids is 1. The number of hydrogen-bond acceptors (Lipinski definition) is 6. The molecule has 1 atom stereocenters. The van der Waals surface area contributed by atoms with E-state index in [-0.39, 0.29) is 17.6 Å². The Kier molecular flexibility index (Phi) is 4.97. The van der Waals surface area contributed by atoms with Crippen molar-refractivity contribution in [2.24, 2.45) is 0 Å². The zero-order chi connectivity index (χ0) is 19.7. The molecule has 1 saturated heterocycles. The van der Waals surface area contributed by atoms with E-state index < -0.39 is 4.92 Å². The Bertz CT molecular complexity index is 1050. The van der Waals surface area contributed by atoms with Gasteiger partial charge in [0, 0.05) is 47.4 Å². The zero-order valence-corrected chi connectivity index (χ0v) is 16.1. The first-order valence-electron chi connectivity index (χ1n) is 8.91. The maximum atomic E-state index is 13.3. The van der Waals surface area contributed by atoms with Crippen molar-refractivity contribution in [1.29, 1.82) is 0 Å². The molecule has 2 aromatic carbocycles. The van der Waals surface area contributed by atoms with Crippen LogP contribution >= 0.6 is 11.3 Å². The van der Waals surface area contributed by atoms with Gasteiger partial charge in [-0.2, -0.15) is 0 Å². The van der Waals surface area contributed by atoms with Gasteiger partial charge < -0.3 is 15.0 Å². The van der Waals surface area contributed by atoms with Crippen molar-refractivity contribution in [3.63, 3.8) is 0 Å². The molecule has 0 saturated carbocycles. The van der Waals surface area contributed by atoms with E-state index in [1.807, 2.05) is 29.2 Å². The largest absolute Gasteiger partial charge is 0.496 e. The number of methoxy groups -OCH3 is 1. The summed E-state index contributed by atoms with van der Waals surface area (Å²) in [4.78, 5) is 26.3. The fraction of sp³-hybridized carbons (Fsp3) is 0.250. The molecule has 8 heteroatoms. The monoisotopic (exact) mass is 397 g/mol. The number of benzene rings is 2. The summed E-state index contributed by atoms with van der Waals surface area (Å²) in [5.74, 6) is 0.683. The van der Waals surface area contributed by atoms with Crippen molar-refractivity contribution in [1.82, 2.24) is 10.2 Å². The first-order valence-corrected chi connectivity index (χ1v) is 9.72. The van der Waals surface area contributed by atoms with Crippen LogP contribution in [0.3, 0.4) is 0 Å². The molecule has 0 bridgehead atoms. The lowest BCUT2D eigenvalue weighted by molar-refractivity contribution is -0.384. The average molecular weight is 397 g/mol. The van der Waals surface area contributed by atoms with E-state index in [9.17, 15) is 14.9 Å². The number of rotatable bonds is 4. The Labute approximate surface area is 165 Å². The minimum Gasteiger partial charge on any atom is -0.496 e. The van der Waals surface area contributed by atoms with Crippen LogP contribution in [0.15, 0.2) is 48.5 Å². The van der Waals surface area contributed by atoms with Gasteiger partial charge in [-0.15, -0.1) is 11.3 Å². The Morgan fingerprint density at radius 2 is 2.11 bits per heavy atom. The van der Waals surface area contributed by atoms with Gasteiger partial charge in [0.25, 0.3) is 11.6 Å². The molecule has 7 nitrogen and oxygen atoms in total. The van der Waals surface area contributed by atoms with Crippen LogP contribution in [0.1, 0.15) is 21.3 Å². The number of non-ortho nitro benzene ring substituents is 1. The maximum absolute atomic E-state index is 13.3. The lowest BCUT2D eigenvalue weighted by Crippen LogP contribution is -2.48. The molecule has 144 valence electrons. The Morgan fingerprint density at radius 1 is 1.29 bits per heavy atom. The molecular formula is C20H19N3O4S.